The molecule has 2 rings (SSSR count). The molecule has 1 heterocycles. The van der Waals surface area contributed by atoms with E-state index in [2.05, 4.69) is 18.2 Å². The number of carbonyl (C=O) groups excluding carboxylic acids is 3. The summed E-state index contributed by atoms with van der Waals surface area (Å²) in [5.41, 5.74) is 1.24. The molecule has 0 aliphatic carbocycles. The van der Waals surface area contributed by atoms with Crippen molar-refractivity contribution in [3.8, 4) is 0 Å². The van der Waals surface area contributed by atoms with Gasteiger partial charge < -0.3 is 9.47 Å². The van der Waals surface area contributed by atoms with Crippen LogP contribution in [0.2, 0.25) is 0 Å². The maximum absolute atomic E-state index is 11.0. The van der Waals surface area contributed by atoms with E-state index in [0.29, 0.717) is 6.61 Å². The Kier molecular flexibility index (Phi) is 20.2. The molecule has 1 aliphatic heterocycles. The minimum atomic E-state index is -0.604. The highest BCUT2D eigenvalue weighted by atomic mass is 16.6. The minimum Gasteiger partial charge on any atom is -0.463 e. The molecular weight excluding hydrogens is 476 g/mol. The fourth-order valence-electron chi connectivity index (χ4n) is 4.11. The van der Waals surface area contributed by atoms with Crippen LogP contribution in [0.5, 0.6) is 0 Å². The van der Waals surface area contributed by atoms with Gasteiger partial charge in [-0.25, -0.2) is 14.4 Å². The van der Waals surface area contributed by atoms with E-state index in [4.69, 9.17) is 4.74 Å². The van der Waals surface area contributed by atoms with Gasteiger partial charge in [-0.05, 0) is 18.1 Å². The standard InChI is InChI=1S/C21H40O2.C12H8O3/c1-3-5-6-7-8-9-10-11-12-13-14-15-16-17-18-19-20-23-21(22)4-2;13-11-8-10(12(14)15-11)7-6-9-4-2-1-3-5-9/h4H,2-3,5-20H2,1H3;1-8H. The largest absolute Gasteiger partial charge is 0.463 e. The number of benzene rings is 1. The van der Waals surface area contributed by atoms with E-state index in [1.165, 1.54) is 108 Å². The highest BCUT2D eigenvalue weighted by Crippen LogP contribution is 2.14. The van der Waals surface area contributed by atoms with Crippen LogP contribution in [-0.4, -0.2) is 24.5 Å². The van der Waals surface area contributed by atoms with Crippen molar-refractivity contribution in [3.05, 3.63) is 66.3 Å². The van der Waals surface area contributed by atoms with Gasteiger partial charge in [-0.3, -0.25) is 0 Å². The molecule has 5 heteroatoms. The lowest BCUT2D eigenvalue weighted by Gasteiger charge is -2.04. The molecule has 0 saturated heterocycles. The van der Waals surface area contributed by atoms with Crippen LogP contribution in [-0.2, 0) is 23.9 Å². The van der Waals surface area contributed by atoms with Crippen LogP contribution in [0.15, 0.2) is 60.7 Å². The summed E-state index contributed by atoms with van der Waals surface area (Å²) in [4.78, 5) is 32.6. The van der Waals surface area contributed by atoms with Gasteiger partial charge in [0.1, 0.15) is 0 Å². The highest BCUT2D eigenvalue weighted by Gasteiger charge is 2.20. The highest BCUT2D eigenvalue weighted by molar-refractivity contribution is 6.11. The second-order valence-corrected chi connectivity index (χ2v) is 9.73. The molecule has 0 unspecified atom stereocenters. The third-order valence-corrected chi connectivity index (χ3v) is 6.37. The van der Waals surface area contributed by atoms with E-state index in [9.17, 15) is 14.4 Å². The number of rotatable bonds is 20. The van der Waals surface area contributed by atoms with Gasteiger partial charge in [0.2, 0.25) is 0 Å². The number of ether oxygens (including phenoxy) is 2. The van der Waals surface area contributed by atoms with E-state index in [1.54, 1.807) is 12.2 Å². The Bertz CT molecular complexity index is 853. The topological polar surface area (TPSA) is 69.7 Å². The average molecular weight is 525 g/mol. The van der Waals surface area contributed by atoms with Crippen molar-refractivity contribution < 1.29 is 23.9 Å². The first-order valence-corrected chi connectivity index (χ1v) is 14.6. The van der Waals surface area contributed by atoms with Crippen molar-refractivity contribution >= 4 is 24.0 Å². The molecule has 0 N–H and O–H groups in total. The molecule has 210 valence electrons. The molecule has 0 aromatic heterocycles. The smallest absolute Gasteiger partial charge is 0.346 e. The minimum absolute atomic E-state index is 0.281. The number of hydrogen-bond donors (Lipinski definition) is 0. The SMILES string of the molecule is C=CC(=O)OCCCCCCCCCCCCCCCCCC.O=C1C=C(C=Cc2ccccc2)C(=O)O1. The summed E-state index contributed by atoms with van der Waals surface area (Å²) in [7, 11) is 0. The van der Waals surface area contributed by atoms with E-state index < -0.39 is 11.9 Å². The third-order valence-electron chi connectivity index (χ3n) is 6.37. The molecule has 0 radical (unpaired) electrons. The number of unbranched alkanes of at least 4 members (excludes halogenated alkanes) is 15. The summed E-state index contributed by atoms with van der Waals surface area (Å²) in [6.45, 7) is 6.20. The number of carbonyl (C=O) groups is 3. The molecule has 1 aliphatic rings. The Morgan fingerprint density at radius 3 is 1.71 bits per heavy atom. The van der Waals surface area contributed by atoms with Gasteiger partial charge in [0.05, 0.1) is 12.2 Å². The Morgan fingerprint density at radius 1 is 0.763 bits per heavy atom. The lowest BCUT2D eigenvalue weighted by Crippen LogP contribution is -2.01. The molecule has 0 amide bonds. The van der Waals surface area contributed by atoms with Crippen LogP contribution in [0, 0.1) is 0 Å². The van der Waals surface area contributed by atoms with Crippen LogP contribution in [0.3, 0.4) is 0 Å². The first kappa shape index (κ1) is 33.1. The molecule has 1 aromatic rings. The van der Waals surface area contributed by atoms with E-state index >= 15 is 0 Å². The summed E-state index contributed by atoms with van der Waals surface area (Å²) in [6.07, 6.45) is 27.5. The lowest BCUT2D eigenvalue weighted by atomic mass is 10.0. The lowest BCUT2D eigenvalue weighted by molar-refractivity contribution is -0.150. The van der Waals surface area contributed by atoms with E-state index in [1.807, 2.05) is 30.3 Å². The Labute approximate surface area is 230 Å². The van der Waals surface area contributed by atoms with Crippen molar-refractivity contribution in [2.24, 2.45) is 0 Å². The summed E-state index contributed by atoms with van der Waals surface area (Å²) >= 11 is 0. The predicted octanol–water partition coefficient (Wildman–Crippen LogP) is 8.69. The average Bonchev–Trinajstić information content (AvgIpc) is 3.26. The normalized spacial score (nSPS) is 12.6. The van der Waals surface area contributed by atoms with Gasteiger partial charge >= 0.3 is 17.9 Å². The monoisotopic (exact) mass is 524 g/mol. The van der Waals surface area contributed by atoms with Gasteiger partial charge in [-0.1, -0.05) is 146 Å². The van der Waals surface area contributed by atoms with Crippen molar-refractivity contribution in [3.63, 3.8) is 0 Å². The molecule has 1 aromatic carbocycles. The first-order chi connectivity index (χ1) is 18.6. The number of hydrogen-bond acceptors (Lipinski definition) is 5. The predicted molar refractivity (Wildman–Crippen MR) is 155 cm³/mol. The first-order valence-electron chi connectivity index (χ1n) is 14.6. The summed E-state index contributed by atoms with van der Waals surface area (Å²) in [5, 5.41) is 0. The quantitative estimate of drug-likeness (QED) is 0.0738. The van der Waals surface area contributed by atoms with Crippen molar-refractivity contribution in [2.45, 2.75) is 110 Å². The third kappa shape index (κ3) is 18.3. The van der Waals surface area contributed by atoms with Gasteiger partial charge in [0, 0.05) is 12.2 Å². The zero-order valence-electron chi connectivity index (χ0n) is 23.5. The Balaban J connectivity index is 0.000000411. The van der Waals surface area contributed by atoms with Crippen LogP contribution < -0.4 is 0 Å². The summed E-state index contributed by atoms with van der Waals surface area (Å²) in [6, 6.07) is 9.50. The zero-order valence-corrected chi connectivity index (χ0v) is 23.5. The van der Waals surface area contributed by atoms with Crippen molar-refractivity contribution in [1.29, 1.82) is 0 Å². The van der Waals surface area contributed by atoms with Crippen LogP contribution in [0.4, 0.5) is 0 Å². The van der Waals surface area contributed by atoms with Crippen molar-refractivity contribution in [2.75, 3.05) is 6.61 Å². The van der Waals surface area contributed by atoms with E-state index in [-0.39, 0.29) is 11.5 Å². The summed E-state index contributed by atoms with van der Waals surface area (Å²) < 4.78 is 9.29. The molecule has 0 atom stereocenters. The number of esters is 3. The maximum Gasteiger partial charge on any atom is 0.346 e. The molecule has 38 heavy (non-hydrogen) atoms. The molecule has 0 saturated carbocycles. The molecule has 5 nitrogen and oxygen atoms in total. The van der Waals surface area contributed by atoms with E-state index in [0.717, 1.165) is 12.0 Å². The fourth-order valence-corrected chi connectivity index (χ4v) is 4.11. The maximum atomic E-state index is 11.0. The Morgan fingerprint density at radius 2 is 1.26 bits per heavy atom. The van der Waals surface area contributed by atoms with Crippen LogP contribution in [0.1, 0.15) is 115 Å². The van der Waals surface area contributed by atoms with Crippen LogP contribution >= 0.6 is 0 Å². The zero-order chi connectivity index (χ0) is 27.7. The van der Waals surface area contributed by atoms with Gasteiger partial charge in [-0.2, -0.15) is 0 Å². The molecule has 0 bridgehead atoms. The van der Waals surface area contributed by atoms with Gasteiger partial charge in [0.25, 0.3) is 0 Å². The second kappa shape index (κ2) is 23.2. The Hall–Kier alpha value is -2.95. The molecule has 0 spiro atoms. The number of cyclic esters (lactones) is 2. The van der Waals surface area contributed by atoms with Crippen molar-refractivity contribution in [1.82, 2.24) is 0 Å². The second-order valence-electron chi connectivity index (χ2n) is 9.73. The fraction of sp³-hybridized carbons (Fsp3) is 0.545. The van der Waals surface area contributed by atoms with Gasteiger partial charge in [-0.15, -0.1) is 0 Å². The molecular formula is C33H48O5. The van der Waals surface area contributed by atoms with Crippen LogP contribution in [0.25, 0.3) is 6.08 Å². The summed E-state index contributed by atoms with van der Waals surface area (Å²) in [5.74, 6) is -1.49. The van der Waals surface area contributed by atoms with Gasteiger partial charge in [0.15, 0.2) is 0 Å². The molecule has 0 fully saturated rings.